The van der Waals surface area contributed by atoms with Crippen molar-refractivity contribution in [1.29, 1.82) is 0 Å². The number of nitrogens with one attached hydrogen (secondary N) is 2. The molecule has 0 saturated heterocycles. The number of hydrogen-bond donors (Lipinski definition) is 2. The van der Waals surface area contributed by atoms with E-state index in [-0.39, 0.29) is 5.91 Å². The summed E-state index contributed by atoms with van der Waals surface area (Å²) in [7, 11) is 0. The summed E-state index contributed by atoms with van der Waals surface area (Å²) in [6.45, 7) is 1.55. The summed E-state index contributed by atoms with van der Waals surface area (Å²) >= 11 is 0. The molecule has 1 aliphatic carbocycles. The highest BCUT2D eigenvalue weighted by Crippen LogP contribution is 2.16. The molecule has 0 heterocycles. The maximum atomic E-state index is 10.8. The first-order valence-electron chi connectivity index (χ1n) is 6.81. The number of carbonyl (C=O) groups is 1. The molecule has 0 bridgehead atoms. The normalized spacial score (nSPS) is 21.1. The monoisotopic (exact) mass is 226 g/mol. The lowest BCUT2D eigenvalue weighted by molar-refractivity contribution is -0.120. The molecule has 0 aromatic rings. The van der Waals surface area contributed by atoms with Gasteiger partial charge in [-0.15, -0.1) is 0 Å². The Balaban J connectivity index is 2.24. The van der Waals surface area contributed by atoms with Crippen molar-refractivity contribution in [3.63, 3.8) is 0 Å². The highest BCUT2D eigenvalue weighted by Gasteiger charge is 2.09. The van der Waals surface area contributed by atoms with Crippen molar-refractivity contribution in [3.8, 4) is 0 Å². The van der Waals surface area contributed by atoms with Gasteiger partial charge in [0.05, 0.1) is 0 Å². The standard InChI is InChI=1S/C13H26N2O/c1-12(16)14-15-13-10-8-6-4-2-3-5-7-9-11-13/h13,15H,2-11H2,1H3,(H,14,16). The molecule has 1 saturated carbocycles. The van der Waals surface area contributed by atoms with Gasteiger partial charge >= 0.3 is 0 Å². The summed E-state index contributed by atoms with van der Waals surface area (Å²) in [4.78, 5) is 10.8. The molecule has 0 radical (unpaired) electrons. The van der Waals surface area contributed by atoms with Crippen molar-refractivity contribution >= 4 is 5.91 Å². The highest BCUT2D eigenvalue weighted by molar-refractivity contribution is 5.72. The van der Waals surface area contributed by atoms with E-state index in [1.54, 1.807) is 6.92 Å². The summed E-state index contributed by atoms with van der Waals surface area (Å²) in [5.41, 5.74) is 5.88. The molecule has 2 N–H and O–H groups in total. The van der Waals surface area contributed by atoms with Crippen LogP contribution in [-0.2, 0) is 4.79 Å². The van der Waals surface area contributed by atoms with Crippen LogP contribution in [0, 0.1) is 0 Å². The molecule has 0 aromatic carbocycles. The fraction of sp³-hybridized carbons (Fsp3) is 0.923. The highest BCUT2D eigenvalue weighted by atomic mass is 16.2. The van der Waals surface area contributed by atoms with Gasteiger partial charge in [-0.25, -0.2) is 5.43 Å². The second-order valence-corrected chi connectivity index (χ2v) is 4.93. The molecule has 1 amide bonds. The number of rotatable bonds is 2. The molecule has 0 atom stereocenters. The van der Waals surface area contributed by atoms with E-state index in [1.807, 2.05) is 0 Å². The van der Waals surface area contributed by atoms with Gasteiger partial charge in [0, 0.05) is 13.0 Å². The van der Waals surface area contributed by atoms with Gasteiger partial charge in [-0.3, -0.25) is 10.2 Å². The topological polar surface area (TPSA) is 41.1 Å². The fourth-order valence-corrected chi connectivity index (χ4v) is 2.33. The molecular formula is C13H26N2O. The lowest BCUT2D eigenvalue weighted by Crippen LogP contribution is -2.43. The molecule has 16 heavy (non-hydrogen) atoms. The van der Waals surface area contributed by atoms with E-state index in [2.05, 4.69) is 10.9 Å². The lowest BCUT2D eigenvalue weighted by Gasteiger charge is -2.18. The first-order chi connectivity index (χ1) is 7.79. The van der Waals surface area contributed by atoms with Crippen molar-refractivity contribution in [3.05, 3.63) is 0 Å². The molecule has 1 fully saturated rings. The molecule has 94 valence electrons. The largest absolute Gasteiger partial charge is 0.292 e. The smallest absolute Gasteiger partial charge is 0.230 e. The summed E-state index contributed by atoms with van der Waals surface area (Å²) < 4.78 is 0. The van der Waals surface area contributed by atoms with Gasteiger partial charge in [0.25, 0.3) is 0 Å². The van der Waals surface area contributed by atoms with Crippen LogP contribution in [0.2, 0.25) is 0 Å². The summed E-state index contributed by atoms with van der Waals surface area (Å²) in [6.07, 6.45) is 13.2. The van der Waals surface area contributed by atoms with Crippen LogP contribution >= 0.6 is 0 Å². The molecular weight excluding hydrogens is 200 g/mol. The van der Waals surface area contributed by atoms with Gasteiger partial charge in [0.15, 0.2) is 0 Å². The maximum Gasteiger partial charge on any atom is 0.230 e. The molecule has 0 unspecified atom stereocenters. The number of hydrogen-bond acceptors (Lipinski definition) is 2. The SMILES string of the molecule is CC(=O)NNC1CCCCCCCCCC1. The van der Waals surface area contributed by atoms with E-state index in [4.69, 9.17) is 0 Å². The van der Waals surface area contributed by atoms with E-state index < -0.39 is 0 Å². The molecule has 3 heteroatoms. The quantitative estimate of drug-likeness (QED) is 0.711. The average molecular weight is 226 g/mol. The van der Waals surface area contributed by atoms with Crippen LogP contribution in [0.25, 0.3) is 0 Å². The average Bonchev–Trinajstić information content (AvgIpc) is 2.31. The molecule has 0 aliphatic heterocycles. The van der Waals surface area contributed by atoms with Gasteiger partial charge in [-0.2, -0.15) is 0 Å². The van der Waals surface area contributed by atoms with Crippen molar-refractivity contribution in [2.75, 3.05) is 0 Å². The predicted octanol–water partition coefficient (Wildman–Crippen LogP) is 2.91. The van der Waals surface area contributed by atoms with Gasteiger partial charge in [0.1, 0.15) is 0 Å². The van der Waals surface area contributed by atoms with Crippen molar-refractivity contribution in [2.24, 2.45) is 0 Å². The van der Waals surface area contributed by atoms with E-state index in [1.165, 1.54) is 64.2 Å². The fourth-order valence-electron chi connectivity index (χ4n) is 2.33. The Hall–Kier alpha value is -0.570. The van der Waals surface area contributed by atoms with Gasteiger partial charge in [-0.1, -0.05) is 51.4 Å². The maximum absolute atomic E-state index is 10.8. The Morgan fingerprint density at radius 1 is 0.875 bits per heavy atom. The van der Waals surface area contributed by atoms with Crippen LogP contribution < -0.4 is 10.9 Å². The van der Waals surface area contributed by atoms with E-state index in [9.17, 15) is 4.79 Å². The van der Waals surface area contributed by atoms with E-state index >= 15 is 0 Å². The van der Waals surface area contributed by atoms with E-state index in [0.717, 1.165) is 0 Å². The minimum Gasteiger partial charge on any atom is -0.292 e. The van der Waals surface area contributed by atoms with Crippen LogP contribution in [0.3, 0.4) is 0 Å². The first-order valence-corrected chi connectivity index (χ1v) is 6.81. The molecule has 0 spiro atoms. The third-order valence-corrected chi connectivity index (χ3v) is 3.31. The summed E-state index contributed by atoms with van der Waals surface area (Å²) in [5, 5.41) is 0. The Labute approximate surface area is 99.3 Å². The van der Waals surface area contributed by atoms with E-state index in [0.29, 0.717) is 6.04 Å². The lowest BCUT2D eigenvalue weighted by atomic mass is 10.0. The zero-order valence-electron chi connectivity index (χ0n) is 10.6. The van der Waals surface area contributed by atoms with Gasteiger partial charge in [-0.05, 0) is 12.8 Å². The third-order valence-electron chi connectivity index (χ3n) is 3.31. The number of hydrazine groups is 1. The van der Waals surface area contributed by atoms with Gasteiger partial charge < -0.3 is 0 Å². The zero-order valence-corrected chi connectivity index (χ0v) is 10.6. The molecule has 0 aromatic heterocycles. The van der Waals surface area contributed by atoms with Crippen LogP contribution in [0.15, 0.2) is 0 Å². The van der Waals surface area contributed by atoms with Crippen LogP contribution in [0.1, 0.15) is 71.1 Å². The van der Waals surface area contributed by atoms with Gasteiger partial charge in [0.2, 0.25) is 5.91 Å². The Morgan fingerprint density at radius 2 is 1.31 bits per heavy atom. The van der Waals surface area contributed by atoms with Crippen LogP contribution in [-0.4, -0.2) is 11.9 Å². The minimum atomic E-state index is 0.00863. The Kier molecular flexibility index (Phi) is 7.23. The summed E-state index contributed by atoms with van der Waals surface area (Å²) in [5.74, 6) is 0.00863. The van der Waals surface area contributed by atoms with Crippen molar-refractivity contribution in [2.45, 2.75) is 77.2 Å². The minimum absolute atomic E-state index is 0.00863. The number of carbonyl (C=O) groups excluding carboxylic acids is 1. The summed E-state index contributed by atoms with van der Waals surface area (Å²) in [6, 6.07) is 0.474. The molecule has 1 rings (SSSR count). The first kappa shape index (κ1) is 13.5. The zero-order chi connectivity index (χ0) is 11.6. The third kappa shape index (κ3) is 6.83. The molecule has 1 aliphatic rings. The van der Waals surface area contributed by atoms with Crippen molar-refractivity contribution in [1.82, 2.24) is 10.9 Å². The molecule has 3 nitrogen and oxygen atoms in total. The van der Waals surface area contributed by atoms with Crippen LogP contribution in [0.4, 0.5) is 0 Å². The second-order valence-electron chi connectivity index (χ2n) is 4.93. The second kappa shape index (κ2) is 8.57. The Morgan fingerprint density at radius 3 is 1.75 bits per heavy atom. The van der Waals surface area contributed by atoms with Crippen LogP contribution in [0.5, 0.6) is 0 Å². The van der Waals surface area contributed by atoms with Crippen molar-refractivity contribution < 1.29 is 4.79 Å². The Bertz CT molecular complexity index is 182. The predicted molar refractivity (Wildman–Crippen MR) is 66.9 cm³/mol. The number of amides is 1.